The number of aliphatic hydroxyl groups is 1. The molecule has 2 aliphatic carbocycles. The van der Waals surface area contributed by atoms with Gasteiger partial charge in [0.05, 0.1) is 22.7 Å². The van der Waals surface area contributed by atoms with Crippen LogP contribution in [0.4, 0.5) is 8.78 Å². The number of aromatic nitrogens is 2. The highest BCUT2D eigenvalue weighted by Crippen LogP contribution is 2.65. The summed E-state index contributed by atoms with van der Waals surface area (Å²) in [5, 5.41) is 17.0. The molecule has 1 heterocycles. The summed E-state index contributed by atoms with van der Waals surface area (Å²) in [5.74, 6) is -1.37. The van der Waals surface area contributed by atoms with E-state index in [9.17, 15) is 13.9 Å². The lowest BCUT2D eigenvalue weighted by molar-refractivity contribution is -0.147. The second-order valence-electron chi connectivity index (χ2n) is 7.41. The summed E-state index contributed by atoms with van der Waals surface area (Å²) < 4.78 is 28.9. The maximum absolute atomic E-state index is 14.7. The van der Waals surface area contributed by atoms with E-state index >= 15 is 0 Å². The van der Waals surface area contributed by atoms with Crippen LogP contribution in [-0.4, -0.2) is 15.3 Å². The number of halogens is 3. The van der Waals surface area contributed by atoms with Crippen LogP contribution < -0.4 is 0 Å². The number of rotatable bonds is 1. The van der Waals surface area contributed by atoms with E-state index in [1.807, 2.05) is 0 Å². The van der Waals surface area contributed by atoms with Gasteiger partial charge in [-0.05, 0) is 43.4 Å². The molecule has 2 saturated carbocycles. The first-order valence-electron chi connectivity index (χ1n) is 8.21. The second-order valence-corrected chi connectivity index (χ2v) is 7.79. The molecular weight excluding hydrogens is 334 g/mol. The number of hydrogen-bond acceptors (Lipinski definition) is 2. The summed E-state index contributed by atoms with van der Waals surface area (Å²) in [6, 6.07) is 0. The highest BCUT2D eigenvalue weighted by molar-refractivity contribution is 6.31. The molecule has 1 atom stereocenters. The molecule has 0 aliphatic heterocycles. The molecular formula is C18H19ClF2N2O. The van der Waals surface area contributed by atoms with E-state index in [0.29, 0.717) is 18.8 Å². The maximum Gasteiger partial charge on any atom is 0.155 e. The Balaban J connectivity index is 1.82. The van der Waals surface area contributed by atoms with Crippen LogP contribution in [-0.2, 0) is 5.60 Å². The number of aromatic amines is 1. The Labute approximate surface area is 143 Å². The fourth-order valence-electron chi connectivity index (χ4n) is 4.78. The fourth-order valence-corrected chi connectivity index (χ4v) is 4.97. The van der Waals surface area contributed by atoms with Crippen LogP contribution in [0.5, 0.6) is 0 Å². The molecule has 6 heteroatoms. The minimum atomic E-state index is -1.39. The van der Waals surface area contributed by atoms with Gasteiger partial charge in [0.1, 0.15) is 5.02 Å². The van der Waals surface area contributed by atoms with Crippen molar-refractivity contribution in [2.45, 2.75) is 44.6 Å². The maximum atomic E-state index is 14.7. The van der Waals surface area contributed by atoms with Gasteiger partial charge in [-0.25, -0.2) is 8.78 Å². The van der Waals surface area contributed by atoms with Crippen molar-refractivity contribution in [2.24, 2.45) is 11.3 Å². The summed E-state index contributed by atoms with van der Waals surface area (Å²) in [6.45, 7) is 6.35. The van der Waals surface area contributed by atoms with Crippen LogP contribution in [0.2, 0.25) is 5.02 Å². The van der Waals surface area contributed by atoms with Crippen LogP contribution in [0, 0.1) is 23.0 Å². The minimum Gasteiger partial charge on any atom is -0.385 e. The van der Waals surface area contributed by atoms with Gasteiger partial charge < -0.3 is 5.11 Å². The Morgan fingerprint density at radius 2 is 2.08 bits per heavy atom. The summed E-state index contributed by atoms with van der Waals surface area (Å²) >= 11 is 5.82. The summed E-state index contributed by atoms with van der Waals surface area (Å²) in [7, 11) is 0. The number of hydrogen-bond donors (Lipinski definition) is 2. The molecule has 0 amide bonds. The predicted octanol–water partition coefficient (Wildman–Crippen LogP) is 4.84. The predicted molar refractivity (Wildman–Crippen MR) is 88.7 cm³/mol. The fraction of sp³-hybridized carbons (Fsp3) is 0.500. The Morgan fingerprint density at radius 1 is 1.38 bits per heavy atom. The lowest BCUT2D eigenvalue weighted by atomic mass is 9.47. The van der Waals surface area contributed by atoms with Crippen LogP contribution in [0.3, 0.4) is 0 Å². The monoisotopic (exact) mass is 352 g/mol. The molecule has 3 nitrogen and oxygen atoms in total. The highest BCUT2D eigenvalue weighted by Gasteiger charge is 2.60. The number of H-pyrrole nitrogens is 1. The van der Waals surface area contributed by atoms with Crippen molar-refractivity contribution in [3.63, 3.8) is 0 Å². The standard InChI is InChI=1S/C18H19ClF2N2O/c1-9-4-3-5-10(2)17(9)7-18(24,8-17)12-15(21)13(19)14(20)11-6-22-23-16(11)12/h6,10,24H,1,3-5,7-8H2,2H3,(H,22,23). The van der Waals surface area contributed by atoms with Crippen molar-refractivity contribution in [1.29, 1.82) is 0 Å². The van der Waals surface area contributed by atoms with Gasteiger partial charge in [0, 0.05) is 5.56 Å². The molecule has 24 heavy (non-hydrogen) atoms. The first kappa shape index (κ1) is 16.0. The molecule has 0 bridgehead atoms. The van der Waals surface area contributed by atoms with E-state index in [1.165, 1.54) is 6.20 Å². The first-order chi connectivity index (χ1) is 11.3. The van der Waals surface area contributed by atoms with E-state index < -0.39 is 22.3 Å². The van der Waals surface area contributed by atoms with E-state index in [-0.39, 0.29) is 21.9 Å². The molecule has 128 valence electrons. The van der Waals surface area contributed by atoms with Crippen molar-refractivity contribution >= 4 is 22.5 Å². The summed E-state index contributed by atoms with van der Waals surface area (Å²) in [4.78, 5) is 0. The third-order valence-electron chi connectivity index (χ3n) is 6.17. The smallest absolute Gasteiger partial charge is 0.155 e. The van der Waals surface area contributed by atoms with Crippen molar-refractivity contribution in [3.8, 4) is 0 Å². The number of fused-ring (bicyclic) bond motifs is 1. The molecule has 2 N–H and O–H groups in total. The Kier molecular flexibility index (Phi) is 3.35. The number of benzene rings is 1. The van der Waals surface area contributed by atoms with Gasteiger partial charge in [-0.3, -0.25) is 5.10 Å². The van der Waals surface area contributed by atoms with Crippen molar-refractivity contribution in [3.05, 3.63) is 40.6 Å². The topological polar surface area (TPSA) is 48.9 Å². The van der Waals surface area contributed by atoms with Gasteiger partial charge in [0.25, 0.3) is 0 Å². The molecule has 1 aromatic heterocycles. The first-order valence-corrected chi connectivity index (χ1v) is 8.58. The van der Waals surface area contributed by atoms with E-state index in [2.05, 4.69) is 23.7 Å². The van der Waals surface area contributed by atoms with Gasteiger partial charge in [-0.2, -0.15) is 5.10 Å². The molecule has 0 radical (unpaired) electrons. The van der Waals surface area contributed by atoms with Crippen LogP contribution in [0.15, 0.2) is 18.3 Å². The average Bonchev–Trinajstić information content (AvgIpc) is 2.97. The van der Waals surface area contributed by atoms with E-state index in [0.717, 1.165) is 24.8 Å². The zero-order valence-corrected chi connectivity index (χ0v) is 14.2. The molecule has 2 aliphatic rings. The van der Waals surface area contributed by atoms with Gasteiger partial charge >= 0.3 is 0 Å². The quantitative estimate of drug-likeness (QED) is 0.570. The SMILES string of the molecule is C=C1CCCC(C)C12CC(O)(c1c(F)c(Cl)c(F)c3cn[nH]c13)C2. The normalized spacial score (nSPS) is 33.2. The molecule has 1 unspecified atom stereocenters. The van der Waals surface area contributed by atoms with Crippen LogP contribution in [0.1, 0.15) is 44.6 Å². The molecule has 0 saturated heterocycles. The van der Waals surface area contributed by atoms with Gasteiger partial charge in [0.2, 0.25) is 0 Å². The molecule has 2 aromatic rings. The Bertz CT molecular complexity index is 854. The Morgan fingerprint density at radius 3 is 2.75 bits per heavy atom. The van der Waals surface area contributed by atoms with Gasteiger partial charge in [0.15, 0.2) is 11.6 Å². The molecule has 2 fully saturated rings. The highest BCUT2D eigenvalue weighted by atomic mass is 35.5. The molecule has 1 spiro atoms. The Hall–Kier alpha value is -1.46. The van der Waals surface area contributed by atoms with Gasteiger partial charge in [-0.15, -0.1) is 0 Å². The lowest BCUT2D eigenvalue weighted by Crippen LogP contribution is -2.55. The summed E-state index contributed by atoms with van der Waals surface area (Å²) in [6.07, 6.45) is 5.13. The third-order valence-corrected chi connectivity index (χ3v) is 6.51. The number of allylic oxidation sites excluding steroid dienone is 1. The van der Waals surface area contributed by atoms with Crippen molar-refractivity contribution in [1.82, 2.24) is 10.2 Å². The second kappa shape index (κ2) is 5.02. The van der Waals surface area contributed by atoms with Crippen molar-refractivity contribution < 1.29 is 13.9 Å². The number of nitrogens with one attached hydrogen (secondary N) is 1. The number of nitrogens with zero attached hydrogens (tertiary/aromatic N) is 1. The largest absolute Gasteiger partial charge is 0.385 e. The van der Waals surface area contributed by atoms with Crippen molar-refractivity contribution in [2.75, 3.05) is 0 Å². The lowest BCUT2D eigenvalue weighted by Gasteiger charge is -2.59. The zero-order valence-electron chi connectivity index (χ0n) is 13.4. The minimum absolute atomic E-state index is 0.0256. The molecule has 1 aromatic carbocycles. The molecule has 4 rings (SSSR count). The third kappa shape index (κ3) is 1.88. The van der Waals surface area contributed by atoms with Crippen LogP contribution in [0.25, 0.3) is 10.9 Å². The van der Waals surface area contributed by atoms with Crippen LogP contribution >= 0.6 is 11.6 Å². The van der Waals surface area contributed by atoms with E-state index in [1.54, 1.807) is 0 Å². The zero-order chi connectivity index (χ0) is 17.3. The van der Waals surface area contributed by atoms with Gasteiger partial charge in [-0.1, -0.05) is 30.7 Å². The average molecular weight is 353 g/mol. The summed E-state index contributed by atoms with van der Waals surface area (Å²) in [5.41, 5.74) is -0.230. The van der Waals surface area contributed by atoms with E-state index in [4.69, 9.17) is 11.6 Å².